The van der Waals surface area contributed by atoms with Crippen LogP contribution in [0.2, 0.25) is 0 Å². The topological polar surface area (TPSA) is 45.2 Å². The van der Waals surface area contributed by atoms with Crippen molar-refractivity contribution in [3.63, 3.8) is 0 Å². The van der Waals surface area contributed by atoms with Crippen LogP contribution in [-0.4, -0.2) is 42.0 Å². The van der Waals surface area contributed by atoms with Gasteiger partial charge in [-0.15, -0.1) is 0 Å². The molecule has 2 fully saturated rings. The van der Waals surface area contributed by atoms with E-state index in [0.29, 0.717) is 11.8 Å². The van der Waals surface area contributed by atoms with E-state index in [1.54, 1.807) is 11.3 Å². The van der Waals surface area contributed by atoms with Crippen LogP contribution >= 0.6 is 11.3 Å². The highest BCUT2D eigenvalue weighted by atomic mass is 32.1. The first-order chi connectivity index (χ1) is 10.7. The molecule has 4 heterocycles. The summed E-state index contributed by atoms with van der Waals surface area (Å²) in [6.07, 6.45) is 0. The summed E-state index contributed by atoms with van der Waals surface area (Å²) in [6.45, 7) is 5.78. The number of fused-ring (bicyclic) bond motifs is 1. The fourth-order valence-electron chi connectivity index (χ4n) is 3.55. The van der Waals surface area contributed by atoms with Gasteiger partial charge >= 0.3 is 0 Å². The largest absolute Gasteiger partial charge is 0.338 e. The first-order valence-corrected chi connectivity index (χ1v) is 8.67. The Morgan fingerprint density at radius 1 is 1.27 bits per heavy atom. The van der Waals surface area contributed by atoms with Crippen LogP contribution in [0, 0.1) is 18.8 Å². The van der Waals surface area contributed by atoms with Gasteiger partial charge in [0.25, 0.3) is 5.91 Å². The molecule has 2 aliphatic rings. The highest BCUT2D eigenvalue weighted by molar-refractivity contribution is 7.08. The minimum Gasteiger partial charge on any atom is -0.338 e. The molecule has 114 valence electrons. The molecule has 2 aromatic heterocycles. The third-order valence-electron chi connectivity index (χ3n) is 4.81. The van der Waals surface area contributed by atoms with Crippen molar-refractivity contribution in [3.05, 3.63) is 40.2 Å². The smallest absolute Gasteiger partial charge is 0.255 e. The molecular weight excluding hydrogens is 294 g/mol. The number of carbonyl (C=O) groups is 1. The average Bonchev–Trinajstić information content (AvgIpc) is 3.22. The van der Waals surface area contributed by atoms with Crippen LogP contribution in [0.1, 0.15) is 16.1 Å². The second-order valence-electron chi connectivity index (χ2n) is 6.23. The third-order valence-corrected chi connectivity index (χ3v) is 5.49. The van der Waals surface area contributed by atoms with Gasteiger partial charge < -0.3 is 10.2 Å². The van der Waals surface area contributed by atoms with Crippen molar-refractivity contribution in [1.82, 2.24) is 15.2 Å². The summed E-state index contributed by atoms with van der Waals surface area (Å²) < 4.78 is 0. The van der Waals surface area contributed by atoms with Gasteiger partial charge in [-0.25, -0.2) is 0 Å². The van der Waals surface area contributed by atoms with Gasteiger partial charge in [0.2, 0.25) is 0 Å². The molecule has 1 amide bonds. The highest BCUT2D eigenvalue weighted by Crippen LogP contribution is 2.28. The lowest BCUT2D eigenvalue weighted by Crippen LogP contribution is -2.32. The quantitative estimate of drug-likeness (QED) is 0.926. The number of likely N-dealkylation sites (tertiary alicyclic amines) is 1. The summed E-state index contributed by atoms with van der Waals surface area (Å²) in [5.74, 6) is 1.39. The Balaban J connectivity index is 1.56. The van der Waals surface area contributed by atoms with E-state index < -0.39 is 0 Å². The van der Waals surface area contributed by atoms with Gasteiger partial charge in [0.1, 0.15) is 0 Å². The molecule has 2 aromatic rings. The zero-order valence-electron chi connectivity index (χ0n) is 12.6. The monoisotopic (exact) mass is 313 g/mol. The number of carbonyl (C=O) groups excluding carboxylic acids is 1. The van der Waals surface area contributed by atoms with E-state index in [9.17, 15) is 4.79 Å². The Morgan fingerprint density at radius 3 is 2.68 bits per heavy atom. The van der Waals surface area contributed by atoms with E-state index >= 15 is 0 Å². The first kappa shape index (κ1) is 13.9. The molecule has 0 aromatic carbocycles. The number of nitrogens with one attached hydrogen (secondary N) is 1. The number of hydrogen-bond donors (Lipinski definition) is 1. The molecular formula is C17H19N3OS. The second-order valence-corrected chi connectivity index (χ2v) is 7.01. The number of pyridine rings is 1. The predicted octanol–water partition coefficient (Wildman–Crippen LogP) is 2.41. The maximum absolute atomic E-state index is 12.8. The van der Waals surface area contributed by atoms with E-state index in [1.165, 1.54) is 0 Å². The zero-order valence-corrected chi connectivity index (χ0v) is 13.4. The molecule has 2 aliphatic heterocycles. The molecule has 2 saturated heterocycles. The molecule has 22 heavy (non-hydrogen) atoms. The maximum Gasteiger partial charge on any atom is 0.255 e. The van der Waals surface area contributed by atoms with Crippen LogP contribution in [-0.2, 0) is 0 Å². The summed E-state index contributed by atoms with van der Waals surface area (Å²) >= 11 is 1.66. The van der Waals surface area contributed by atoms with Crippen molar-refractivity contribution in [2.45, 2.75) is 6.92 Å². The molecule has 4 nitrogen and oxygen atoms in total. The summed E-state index contributed by atoms with van der Waals surface area (Å²) in [5.41, 5.74) is 3.63. The number of nitrogens with zero attached hydrogens (tertiary/aromatic N) is 2. The van der Waals surface area contributed by atoms with Gasteiger partial charge in [0.05, 0.1) is 17.0 Å². The number of thiophene rings is 1. The van der Waals surface area contributed by atoms with E-state index in [1.807, 2.05) is 29.3 Å². The van der Waals surface area contributed by atoms with Crippen LogP contribution in [0.4, 0.5) is 0 Å². The van der Waals surface area contributed by atoms with Gasteiger partial charge in [0.15, 0.2) is 0 Å². The second kappa shape index (κ2) is 5.48. The minimum atomic E-state index is 0.135. The lowest BCUT2D eigenvalue weighted by atomic mass is 10.0. The zero-order chi connectivity index (χ0) is 15.1. The van der Waals surface area contributed by atoms with Crippen LogP contribution in [0.25, 0.3) is 11.3 Å². The lowest BCUT2D eigenvalue weighted by molar-refractivity contribution is 0.0780. The van der Waals surface area contributed by atoms with Crippen molar-refractivity contribution in [2.75, 3.05) is 26.2 Å². The SMILES string of the molecule is Cc1nc(-c2ccsc2)ccc1C(=O)N1C[C@H]2CNC[C@H]2C1. The lowest BCUT2D eigenvalue weighted by Gasteiger charge is -2.18. The number of aromatic nitrogens is 1. The first-order valence-electron chi connectivity index (χ1n) is 7.72. The van der Waals surface area contributed by atoms with Crippen molar-refractivity contribution in [2.24, 2.45) is 11.8 Å². The van der Waals surface area contributed by atoms with Crippen LogP contribution in [0.3, 0.4) is 0 Å². The van der Waals surface area contributed by atoms with Gasteiger partial charge in [0, 0.05) is 37.1 Å². The molecule has 0 spiro atoms. The minimum absolute atomic E-state index is 0.135. The third kappa shape index (κ3) is 2.34. The van der Waals surface area contributed by atoms with Crippen LogP contribution in [0.5, 0.6) is 0 Å². The standard InChI is InChI=1S/C17H19N3OS/c1-11-15(2-3-16(19-11)12-4-5-22-10-12)17(21)20-8-13-6-18-7-14(13)9-20/h2-5,10,13-14,18H,6-9H2,1H3/t13-,14+. The predicted molar refractivity (Wildman–Crippen MR) is 88.0 cm³/mol. The van der Waals surface area contributed by atoms with E-state index in [0.717, 1.165) is 48.7 Å². The fraction of sp³-hybridized carbons (Fsp3) is 0.412. The van der Waals surface area contributed by atoms with E-state index in [-0.39, 0.29) is 5.91 Å². The van der Waals surface area contributed by atoms with Crippen molar-refractivity contribution in [3.8, 4) is 11.3 Å². The number of aryl methyl sites for hydroxylation is 1. The highest BCUT2D eigenvalue weighted by Gasteiger charge is 2.38. The van der Waals surface area contributed by atoms with Crippen molar-refractivity contribution in [1.29, 1.82) is 0 Å². The van der Waals surface area contributed by atoms with E-state index in [4.69, 9.17) is 0 Å². The van der Waals surface area contributed by atoms with Crippen LogP contribution in [0.15, 0.2) is 29.0 Å². The number of amides is 1. The molecule has 0 aliphatic carbocycles. The summed E-state index contributed by atoms with van der Waals surface area (Å²) in [4.78, 5) is 19.4. The molecule has 4 rings (SSSR count). The van der Waals surface area contributed by atoms with Gasteiger partial charge in [-0.3, -0.25) is 9.78 Å². The van der Waals surface area contributed by atoms with Crippen LogP contribution < -0.4 is 5.32 Å². The molecule has 0 unspecified atom stereocenters. The summed E-state index contributed by atoms with van der Waals surface area (Å²) in [6, 6.07) is 5.95. The Morgan fingerprint density at radius 2 is 2.05 bits per heavy atom. The van der Waals surface area contributed by atoms with Crippen molar-refractivity contribution >= 4 is 17.2 Å². The van der Waals surface area contributed by atoms with E-state index in [2.05, 4.69) is 21.7 Å². The number of rotatable bonds is 2. The molecule has 0 saturated carbocycles. The Bertz CT molecular complexity index is 686. The molecule has 5 heteroatoms. The summed E-state index contributed by atoms with van der Waals surface area (Å²) in [5, 5.41) is 7.53. The number of hydrogen-bond acceptors (Lipinski definition) is 4. The molecule has 1 N–H and O–H groups in total. The molecule has 2 atom stereocenters. The Labute approximate surface area is 134 Å². The van der Waals surface area contributed by atoms with Gasteiger partial charge in [-0.2, -0.15) is 11.3 Å². The Hall–Kier alpha value is -1.72. The fourth-order valence-corrected chi connectivity index (χ4v) is 4.20. The molecule has 0 radical (unpaired) electrons. The Kier molecular flexibility index (Phi) is 3.47. The normalized spacial score (nSPS) is 23.8. The van der Waals surface area contributed by atoms with Gasteiger partial charge in [-0.05, 0) is 42.3 Å². The molecule has 0 bridgehead atoms. The summed E-state index contributed by atoms with van der Waals surface area (Å²) in [7, 11) is 0. The van der Waals surface area contributed by atoms with Gasteiger partial charge in [-0.1, -0.05) is 0 Å². The average molecular weight is 313 g/mol. The van der Waals surface area contributed by atoms with Crippen molar-refractivity contribution < 1.29 is 4.79 Å². The maximum atomic E-state index is 12.8.